The van der Waals surface area contributed by atoms with Gasteiger partial charge in [-0.1, -0.05) is 57.6 Å². The summed E-state index contributed by atoms with van der Waals surface area (Å²) in [7, 11) is 0. The molecule has 0 amide bonds. The predicted molar refractivity (Wildman–Crippen MR) is 94.9 cm³/mol. The van der Waals surface area contributed by atoms with Crippen LogP contribution in [0.1, 0.15) is 64.7 Å². The minimum absolute atomic E-state index is 0.0844. The summed E-state index contributed by atoms with van der Waals surface area (Å²) < 4.78 is 10.7. The Balaban J connectivity index is 2.02. The first-order valence-electron chi connectivity index (χ1n) is 9.55. The molecule has 5 nitrogen and oxygen atoms in total. The molecule has 0 bridgehead atoms. The number of hydrogen-bond donors (Lipinski definition) is 3. The van der Waals surface area contributed by atoms with E-state index in [9.17, 15) is 10.2 Å². The van der Waals surface area contributed by atoms with Crippen LogP contribution in [0.3, 0.4) is 0 Å². The van der Waals surface area contributed by atoms with Gasteiger partial charge in [0.15, 0.2) is 0 Å². The van der Waals surface area contributed by atoms with E-state index in [1.165, 1.54) is 44.9 Å². The Morgan fingerprint density at radius 3 is 2.38 bits per heavy atom. The number of hydrogen-bond acceptors (Lipinski definition) is 5. The number of unbranched alkanes of at least 4 members (excludes halogenated alkanes) is 7. The highest BCUT2D eigenvalue weighted by atomic mass is 16.6. The fourth-order valence-corrected chi connectivity index (χ4v) is 2.95. The van der Waals surface area contributed by atoms with Crippen LogP contribution in [0, 0.1) is 0 Å². The van der Waals surface area contributed by atoms with Crippen LogP contribution >= 0.6 is 0 Å². The van der Waals surface area contributed by atoms with Crippen molar-refractivity contribution < 1.29 is 24.8 Å². The molecule has 4 atom stereocenters. The third-order valence-electron chi connectivity index (χ3n) is 4.49. The molecule has 24 heavy (non-hydrogen) atoms. The zero-order chi connectivity index (χ0) is 17.6. The Hall–Kier alpha value is -0.460. The summed E-state index contributed by atoms with van der Waals surface area (Å²) in [4.78, 5) is 0. The molecule has 0 spiro atoms. The molecule has 142 valence electrons. The minimum Gasteiger partial charge on any atom is -0.394 e. The second kappa shape index (κ2) is 13.8. The number of ether oxygens (including phenoxy) is 2. The van der Waals surface area contributed by atoms with E-state index in [1.54, 1.807) is 0 Å². The minimum atomic E-state index is -0.990. The Labute approximate surface area is 146 Å². The van der Waals surface area contributed by atoms with Gasteiger partial charge in [-0.15, -0.1) is 0 Å². The molecule has 1 rings (SSSR count). The zero-order valence-corrected chi connectivity index (χ0v) is 15.1. The quantitative estimate of drug-likeness (QED) is 0.353. The summed E-state index contributed by atoms with van der Waals surface area (Å²) in [6, 6.07) is 0. The van der Waals surface area contributed by atoms with Crippen molar-refractivity contribution in [2.75, 3.05) is 19.8 Å². The van der Waals surface area contributed by atoms with E-state index in [-0.39, 0.29) is 13.2 Å². The molecule has 1 heterocycles. The van der Waals surface area contributed by atoms with Crippen molar-refractivity contribution in [2.45, 2.75) is 89.1 Å². The van der Waals surface area contributed by atoms with Crippen molar-refractivity contribution in [1.82, 2.24) is 0 Å². The van der Waals surface area contributed by atoms with E-state index in [1.807, 2.05) is 0 Å². The van der Waals surface area contributed by atoms with Gasteiger partial charge in [-0.3, -0.25) is 0 Å². The fourth-order valence-electron chi connectivity index (χ4n) is 2.95. The van der Waals surface area contributed by atoms with Crippen LogP contribution in [0.15, 0.2) is 12.2 Å². The molecular weight excluding hydrogens is 308 g/mol. The molecule has 0 aromatic carbocycles. The number of allylic oxidation sites excluding steroid dienone is 1. The SMILES string of the molecule is CCCCCCCCC/C=C/CCO[C@@H]1[C@@H](O)[C@H](CO)OC[C@H]1O. The van der Waals surface area contributed by atoms with Gasteiger partial charge in [0, 0.05) is 0 Å². The Morgan fingerprint density at radius 1 is 1.00 bits per heavy atom. The molecule has 0 unspecified atom stereocenters. The smallest absolute Gasteiger partial charge is 0.114 e. The van der Waals surface area contributed by atoms with Crippen molar-refractivity contribution in [3.63, 3.8) is 0 Å². The molecule has 0 radical (unpaired) electrons. The summed E-state index contributed by atoms with van der Waals surface area (Å²) in [5, 5.41) is 28.9. The van der Waals surface area contributed by atoms with E-state index >= 15 is 0 Å². The maximum absolute atomic E-state index is 9.99. The lowest BCUT2D eigenvalue weighted by Gasteiger charge is -2.37. The molecule has 0 aliphatic carbocycles. The van der Waals surface area contributed by atoms with E-state index in [4.69, 9.17) is 14.6 Å². The van der Waals surface area contributed by atoms with Crippen LogP contribution in [0.5, 0.6) is 0 Å². The summed E-state index contributed by atoms with van der Waals surface area (Å²) in [5.74, 6) is 0. The molecule has 3 N–H and O–H groups in total. The van der Waals surface area contributed by atoms with Crippen LogP contribution < -0.4 is 0 Å². The highest BCUT2D eigenvalue weighted by Gasteiger charge is 2.38. The molecule has 1 fully saturated rings. The molecule has 0 aromatic heterocycles. The lowest BCUT2D eigenvalue weighted by Crippen LogP contribution is -2.55. The lowest BCUT2D eigenvalue weighted by atomic mass is 10.0. The normalized spacial score (nSPS) is 27.8. The second-order valence-corrected chi connectivity index (χ2v) is 6.62. The third-order valence-corrected chi connectivity index (χ3v) is 4.49. The molecule has 1 aliphatic heterocycles. The van der Waals surface area contributed by atoms with Gasteiger partial charge in [-0.2, -0.15) is 0 Å². The average Bonchev–Trinajstić information content (AvgIpc) is 2.58. The highest BCUT2D eigenvalue weighted by molar-refractivity contribution is 4.88. The van der Waals surface area contributed by atoms with Crippen molar-refractivity contribution in [1.29, 1.82) is 0 Å². The highest BCUT2D eigenvalue weighted by Crippen LogP contribution is 2.18. The van der Waals surface area contributed by atoms with Crippen LogP contribution in [-0.2, 0) is 9.47 Å². The lowest BCUT2D eigenvalue weighted by molar-refractivity contribution is -0.210. The Kier molecular flexibility index (Phi) is 12.4. The molecule has 0 saturated carbocycles. The van der Waals surface area contributed by atoms with E-state index in [0.717, 1.165) is 12.8 Å². The van der Waals surface area contributed by atoms with Crippen molar-refractivity contribution in [2.24, 2.45) is 0 Å². The first kappa shape index (κ1) is 21.6. The summed E-state index contributed by atoms with van der Waals surface area (Å²) in [6.45, 7) is 2.50. The summed E-state index contributed by atoms with van der Waals surface area (Å²) >= 11 is 0. The summed E-state index contributed by atoms with van der Waals surface area (Å²) in [5.41, 5.74) is 0. The number of rotatable bonds is 13. The third kappa shape index (κ3) is 8.58. The largest absolute Gasteiger partial charge is 0.394 e. The predicted octanol–water partition coefficient (Wildman–Crippen LogP) is 2.57. The summed E-state index contributed by atoms with van der Waals surface area (Å²) in [6.07, 6.45) is 12.2. The van der Waals surface area contributed by atoms with Gasteiger partial charge in [0.1, 0.15) is 24.4 Å². The molecule has 1 saturated heterocycles. The molecule has 0 aromatic rings. The van der Waals surface area contributed by atoms with Crippen molar-refractivity contribution in [3.05, 3.63) is 12.2 Å². The van der Waals surface area contributed by atoms with Gasteiger partial charge in [-0.05, 0) is 19.3 Å². The van der Waals surface area contributed by atoms with Gasteiger partial charge in [0.25, 0.3) is 0 Å². The van der Waals surface area contributed by atoms with Gasteiger partial charge in [0.2, 0.25) is 0 Å². The van der Waals surface area contributed by atoms with Crippen LogP contribution in [0.4, 0.5) is 0 Å². The second-order valence-electron chi connectivity index (χ2n) is 6.62. The van der Waals surface area contributed by atoms with E-state index in [0.29, 0.717) is 6.61 Å². The maximum atomic E-state index is 9.99. The van der Waals surface area contributed by atoms with E-state index < -0.39 is 24.4 Å². The number of aliphatic hydroxyl groups is 3. The molecule has 5 heteroatoms. The van der Waals surface area contributed by atoms with Crippen LogP contribution in [0.25, 0.3) is 0 Å². The van der Waals surface area contributed by atoms with Gasteiger partial charge < -0.3 is 24.8 Å². The molecule has 1 aliphatic rings. The topological polar surface area (TPSA) is 79.2 Å². The van der Waals surface area contributed by atoms with Crippen molar-refractivity contribution in [3.8, 4) is 0 Å². The Morgan fingerprint density at radius 2 is 1.67 bits per heavy atom. The first-order chi connectivity index (χ1) is 11.7. The standard InChI is InChI=1S/C19H36O5/c1-2-3-4-5-6-7-8-9-10-11-12-13-23-19-16(21)15-24-17(14-20)18(19)22/h10-11,16-22H,2-9,12-15H2,1H3/b11-10+/t16-,17+,18+,19+/m1/s1. The van der Waals surface area contributed by atoms with Crippen molar-refractivity contribution >= 4 is 0 Å². The van der Waals surface area contributed by atoms with Gasteiger partial charge in [0.05, 0.1) is 19.8 Å². The van der Waals surface area contributed by atoms with Gasteiger partial charge in [-0.25, -0.2) is 0 Å². The monoisotopic (exact) mass is 344 g/mol. The zero-order valence-electron chi connectivity index (χ0n) is 15.1. The molecular formula is C19H36O5. The number of aliphatic hydroxyl groups excluding tert-OH is 3. The Bertz CT molecular complexity index is 321. The van der Waals surface area contributed by atoms with Crippen LogP contribution in [0.2, 0.25) is 0 Å². The van der Waals surface area contributed by atoms with Gasteiger partial charge >= 0.3 is 0 Å². The first-order valence-corrected chi connectivity index (χ1v) is 9.55. The maximum Gasteiger partial charge on any atom is 0.114 e. The van der Waals surface area contributed by atoms with E-state index in [2.05, 4.69) is 19.1 Å². The average molecular weight is 344 g/mol. The fraction of sp³-hybridized carbons (Fsp3) is 0.895. The van der Waals surface area contributed by atoms with Crippen LogP contribution in [-0.4, -0.2) is 59.6 Å².